The van der Waals surface area contributed by atoms with E-state index in [0.717, 1.165) is 11.9 Å². The zero-order valence-electron chi connectivity index (χ0n) is 8.92. The van der Waals surface area contributed by atoms with Gasteiger partial charge < -0.3 is 4.90 Å². The van der Waals surface area contributed by atoms with Gasteiger partial charge in [-0.2, -0.15) is 0 Å². The van der Waals surface area contributed by atoms with E-state index in [-0.39, 0.29) is 0 Å². The lowest BCUT2D eigenvalue weighted by Gasteiger charge is -2.12. The molecule has 0 amide bonds. The molecule has 0 saturated heterocycles. The minimum atomic E-state index is 0.421. The predicted octanol–water partition coefficient (Wildman–Crippen LogP) is 1.22. The molecule has 0 aromatic carbocycles. The van der Waals surface area contributed by atoms with Crippen molar-refractivity contribution in [1.82, 2.24) is 9.38 Å². The Hall–Kier alpha value is -2.28. The van der Waals surface area contributed by atoms with E-state index in [1.807, 2.05) is 25.2 Å². The third kappa shape index (κ3) is 1.52. The van der Waals surface area contributed by atoms with E-state index in [4.69, 9.17) is 6.42 Å². The van der Waals surface area contributed by atoms with Crippen molar-refractivity contribution in [3.8, 4) is 12.3 Å². The van der Waals surface area contributed by atoms with E-state index in [2.05, 4.69) is 10.9 Å². The second kappa shape index (κ2) is 4.07. The molecule has 0 N–H and O–H groups in total. The van der Waals surface area contributed by atoms with E-state index >= 15 is 0 Å². The molecule has 0 aliphatic rings. The molecule has 0 unspecified atom stereocenters. The molecule has 0 bridgehead atoms. The highest BCUT2D eigenvalue weighted by atomic mass is 16.1. The largest absolute Gasteiger partial charge is 0.347 e. The van der Waals surface area contributed by atoms with Crippen LogP contribution in [0.15, 0.2) is 24.4 Å². The molecular formula is C12H11N3O. The average molecular weight is 213 g/mol. The van der Waals surface area contributed by atoms with Crippen molar-refractivity contribution in [2.24, 2.45) is 0 Å². The average Bonchev–Trinajstić information content (AvgIpc) is 2.67. The molecule has 0 aliphatic heterocycles. The normalized spacial score (nSPS) is 10.0. The fourth-order valence-electron chi connectivity index (χ4n) is 1.60. The zero-order chi connectivity index (χ0) is 11.5. The standard InChI is InChI=1S/C12H11N3O/c1-3-7-14(2)12-10(9-16)15-8-5-4-6-11(15)13-12/h1,4-6,8-9H,7H2,2H3. The van der Waals surface area contributed by atoms with E-state index in [1.165, 1.54) is 0 Å². The first-order valence-corrected chi connectivity index (χ1v) is 4.84. The summed E-state index contributed by atoms with van der Waals surface area (Å²) in [7, 11) is 1.81. The Balaban J connectivity index is 2.61. The number of fused-ring (bicyclic) bond motifs is 1. The van der Waals surface area contributed by atoms with Gasteiger partial charge in [0.1, 0.15) is 11.3 Å². The van der Waals surface area contributed by atoms with Crippen molar-refractivity contribution < 1.29 is 4.79 Å². The minimum absolute atomic E-state index is 0.421. The molecule has 16 heavy (non-hydrogen) atoms. The van der Waals surface area contributed by atoms with Crippen molar-refractivity contribution in [3.63, 3.8) is 0 Å². The molecule has 0 radical (unpaired) electrons. The van der Waals surface area contributed by atoms with E-state index < -0.39 is 0 Å². The van der Waals surface area contributed by atoms with Crippen LogP contribution in [0.5, 0.6) is 0 Å². The third-order valence-corrected chi connectivity index (χ3v) is 2.35. The smallest absolute Gasteiger partial charge is 0.170 e. The summed E-state index contributed by atoms with van der Waals surface area (Å²) in [5.74, 6) is 3.13. The first-order chi connectivity index (χ1) is 7.77. The zero-order valence-corrected chi connectivity index (χ0v) is 8.92. The number of hydrogen-bond donors (Lipinski definition) is 0. The van der Waals surface area contributed by atoms with Gasteiger partial charge in [-0.25, -0.2) is 4.98 Å². The maximum atomic E-state index is 11.1. The van der Waals surface area contributed by atoms with Crippen LogP contribution in [0.2, 0.25) is 0 Å². The van der Waals surface area contributed by atoms with Crippen LogP contribution in [0, 0.1) is 12.3 Å². The highest BCUT2D eigenvalue weighted by Gasteiger charge is 2.13. The number of carbonyl (C=O) groups excluding carboxylic acids is 1. The SMILES string of the molecule is C#CCN(C)c1nc2ccccn2c1C=O. The Bertz CT molecular complexity index is 565. The molecule has 80 valence electrons. The Kier molecular flexibility index (Phi) is 2.61. The summed E-state index contributed by atoms with van der Waals surface area (Å²) in [5.41, 5.74) is 1.26. The fraction of sp³-hybridized carbons (Fsp3) is 0.167. The minimum Gasteiger partial charge on any atom is -0.347 e. The third-order valence-electron chi connectivity index (χ3n) is 2.35. The molecular weight excluding hydrogens is 202 g/mol. The Morgan fingerprint density at radius 1 is 1.62 bits per heavy atom. The summed E-state index contributed by atoms with van der Waals surface area (Å²) >= 11 is 0. The van der Waals surface area contributed by atoms with Gasteiger partial charge in [-0.1, -0.05) is 12.0 Å². The van der Waals surface area contributed by atoms with E-state index in [0.29, 0.717) is 18.1 Å². The summed E-state index contributed by atoms with van der Waals surface area (Å²) in [6, 6.07) is 5.58. The predicted molar refractivity (Wildman–Crippen MR) is 62.7 cm³/mol. The van der Waals surface area contributed by atoms with Crippen LogP contribution in [-0.2, 0) is 0 Å². The van der Waals surface area contributed by atoms with Gasteiger partial charge in [0.05, 0.1) is 6.54 Å². The molecule has 0 fully saturated rings. The molecule has 4 heteroatoms. The van der Waals surface area contributed by atoms with Crippen molar-refractivity contribution >= 4 is 17.8 Å². The van der Waals surface area contributed by atoms with Gasteiger partial charge in [0.25, 0.3) is 0 Å². The summed E-state index contributed by atoms with van der Waals surface area (Å²) < 4.78 is 1.75. The number of imidazole rings is 1. The Labute approximate surface area is 93.5 Å². The van der Waals surface area contributed by atoms with Crippen molar-refractivity contribution in [2.45, 2.75) is 0 Å². The van der Waals surface area contributed by atoms with Crippen molar-refractivity contribution in [1.29, 1.82) is 0 Å². The summed E-state index contributed by atoms with van der Waals surface area (Å²) in [6.45, 7) is 0.421. The first kappa shape index (κ1) is 10.2. The molecule has 0 spiro atoms. The van der Waals surface area contributed by atoms with Crippen LogP contribution in [-0.4, -0.2) is 29.3 Å². The molecule has 2 heterocycles. The number of hydrogen-bond acceptors (Lipinski definition) is 3. The van der Waals surface area contributed by atoms with Crippen LogP contribution in [0.1, 0.15) is 10.5 Å². The molecule has 2 aromatic rings. The van der Waals surface area contributed by atoms with Crippen molar-refractivity contribution in [3.05, 3.63) is 30.1 Å². The fourth-order valence-corrected chi connectivity index (χ4v) is 1.60. The van der Waals surface area contributed by atoms with Crippen molar-refractivity contribution in [2.75, 3.05) is 18.5 Å². The Morgan fingerprint density at radius 2 is 2.44 bits per heavy atom. The van der Waals surface area contributed by atoms with Crippen LogP contribution in [0.4, 0.5) is 5.82 Å². The summed E-state index contributed by atoms with van der Waals surface area (Å²) in [4.78, 5) is 17.2. The number of nitrogens with zero attached hydrogens (tertiary/aromatic N) is 3. The lowest BCUT2D eigenvalue weighted by atomic mass is 10.4. The van der Waals surface area contributed by atoms with Gasteiger partial charge in [-0.05, 0) is 12.1 Å². The number of aromatic nitrogens is 2. The number of carbonyl (C=O) groups is 1. The quantitative estimate of drug-likeness (QED) is 0.568. The van der Waals surface area contributed by atoms with Gasteiger partial charge in [0.15, 0.2) is 12.1 Å². The van der Waals surface area contributed by atoms with Gasteiger partial charge in [0.2, 0.25) is 0 Å². The van der Waals surface area contributed by atoms with E-state index in [9.17, 15) is 4.79 Å². The summed E-state index contributed by atoms with van der Waals surface area (Å²) in [6.07, 6.45) is 7.84. The second-order valence-electron chi connectivity index (χ2n) is 3.43. The Morgan fingerprint density at radius 3 is 3.12 bits per heavy atom. The topological polar surface area (TPSA) is 37.6 Å². The number of terminal acetylenes is 1. The molecule has 0 aliphatic carbocycles. The van der Waals surface area contributed by atoms with Gasteiger partial charge in [-0.3, -0.25) is 9.20 Å². The van der Waals surface area contributed by atoms with Gasteiger partial charge in [0, 0.05) is 13.2 Å². The first-order valence-electron chi connectivity index (χ1n) is 4.84. The van der Waals surface area contributed by atoms with E-state index in [1.54, 1.807) is 15.5 Å². The monoisotopic (exact) mass is 213 g/mol. The molecule has 4 nitrogen and oxygen atoms in total. The molecule has 2 rings (SSSR count). The van der Waals surface area contributed by atoms with Crippen LogP contribution in [0.3, 0.4) is 0 Å². The maximum Gasteiger partial charge on any atom is 0.170 e. The number of rotatable bonds is 3. The van der Waals surface area contributed by atoms with Gasteiger partial charge >= 0.3 is 0 Å². The highest BCUT2D eigenvalue weighted by molar-refractivity contribution is 5.83. The molecule has 2 aromatic heterocycles. The van der Waals surface area contributed by atoms with Crippen LogP contribution >= 0.6 is 0 Å². The van der Waals surface area contributed by atoms with Gasteiger partial charge in [-0.15, -0.1) is 6.42 Å². The molecule has 0 atom stereocenters. The number of anilines is 1. The lowest BCUT2D eigenvalue weighted by molar-refractivity contribution is 0.111. The van der Waals surface area contributed by atoms with Crippen LogP contribution < -0.4 is 4.90 Å². The lowest BCUT2D eigenvalue weighted by Crippen LogP contribution is -2.18. The maximum absolute atomic E-state index is 11.1. The number of pyridine rings is 1. The number of aldehydes is 1. The molecule has 0 saturated carbocycles. The second-order valence-corrected chi connectivity index (χ2v) is 3.43. The van der Waals surface area contributed by atoms with Crippen LogP contribution in [0.25, 0.3) is 5.65 Å². The highest BCUT2D eigenvalue weighted by Crippen LogP contribution is 2.18. The summed E-state index contributed by atoms with van der Waals surface area (Å²) in [5, 5.41) is 0.